The van der Waals surface area contributed by atoms with E-state index in [0.717, 1.165) is 10.3 Å². The highest BCUT2D eigenvalue weighted by molar-refractivity contribution is 7.85. The molecule has 9 nitrogen and oxygen atoms in total. The molecule has 0 spiro atoms. The molecule has 148 valence electrons. The minimum atomic E-state index is -3.67. The van der Waals surface area contributed by atoms with Crippen molar-refractivity contribution in [3.8, 4) is 5.88 Å². The van der Waals surface area contributed by atoms with Crippen molar-refractivity contribution in [1.29, 1.82) is 0 Å². The predicted octanol–water partition coefficient (Wildman–Crippen LogP) is -0.762. The molecule has 4 rings (SSSR count). The summed E-state index contributed by atoms with van der Waals surface area (Å²) in [5.74, 6) is -0.701. The molecule has 1 unspecified atom stereocenters. The summed E-state index contributed by atoms with van der Waals surface area (Å²) in [5, 5.41) is -0.866. The Bertz CT molecular complexity index is 1060. The van der Waals surface area contributed by atoms with Gasteiger partial charge in [-0.2, -0.15) is 22.5 Å². The number of aryl methyl sites for hydroxylation is 1. The highest BCUT2D eigenvalue weighted by atomic mass is 32.2. The molecule has 2 aliphatic rings. The lowest BCUT2D eigenvalue weighted by Crippen LogP contribution is -2.97. The number of nitrogens with two attached hydrogens (primary N) is 2. The van der Waals surface area contributed by atoms with Crippen LogP contribution in [0.4, 0.5) is 10.3 Å². The number of primary sulfonamides is 1. The first-order chi connectivity index (χ1) is 13.3. The minimum absolute atomic E-state index is 0.0456. The molecule has 0 aliphatic carbocycles. The lowest BCUT2D eigenvalue weighted by Gasteiger charge is -2.32. The van der Waals surface area contributed by atoms with E-state index < -0.39 is 26.6 Å². The van der Waals surface area contributed by atoms with E-state index in [1.807, 2.05) is 30.3 Å². The lowest BCUT2D eigenvalue weighted by molar-refractivity contribution is -0.368. The number of hydrogen-bond acceptors (Lipinski definition) is 8. The third-order valence-corrected chi connectivity index (χ3v) is 6.99. The van der Waals surface area contributed by atoms with Gasteiger partial charge in [0.25, 0.3) is 5.88 Å². The molecule has 1 saturated heterocycles. The van der Waals surface area contributed by atoms with Crippen LogP contribution in [0.3, 0.4) is 0 Å². The Balaban J connectivity index is 1.86. The summed E-state index contributed by atoms with van der Waals surface area (Å²) in [5.41, 5.74) is 5.60. The van der Waals surface area contributed by atoms with Crippen molar-refractivity contribution in [2.75, 3.05) is 25.1 Å². The molecule has 2 aromatic rings. The van der Waals surface area contributed by atoms with Crippen molar-refractivity contribution < 1.29 is 22.3 Å². The number of aliphatic imine (C=N–C) groups is 1. The normalized spacial score (nSPS) is 25.9. The first-order valence-electron chi connectivity index (χ1n) is 8.59. The first kappa shape index (κ1) is 18.6. The van der Waals surface area contributed by atoms with E-state index in [1.165, 1.54) is 14.0 Å². The van der Waals surface area contributed by atoms with Gasteiger partial charge in [-0.3, -0.25) is 0 Å². The molecule has 0 amide bonds. The standard InChI is InChI=1S/C17H19FN6O3S/c1-10-13(18)14(27-2)21-16(20-10)24-8-12-17(9-24,11-6-4-3-5-7-11)22-15(19)23-28(12,25)26/h3-7,12H,8-9H2,1-2H3,(H3,19,22,23)/p+1/t12?,17-/m0/s1. The molecule has 1 fully saturated rings. The Morgan fingerprint density at radius 3 is 2.71 bits per heavy atom. The van der Waals surface area contributed by atoms with E-state index in [0.29, 0.717) is 0 Å². The zero-order valence-corrected chi connectivity index (χ0v) is 16.1. The number of halogens is 1. The molecule has 28 heavy (non-hydrogen) atoms. The summed E-state index contributed by atoms with van der Waals surface area (Å²) in [6, 6.07) is 9.14. The van der Waals surface area contributed by atoms with Gasteiger partial charge in [0, 0.05) is 6.54 Å². The van der Waals surface area contributed by atoms with Crippen molar-refractivity contribution in [3.63, 3.8) is 0 Å². The van der Waals surface area contributed by atoms with Crippen LogP contribution in [0.25, 0.3) is 0 Å². The van der Waals surface area contributed by atoms with Crippen molar-refractivity contribution >= 4 is 21.9 Å². The van der Waals surface area contributed by atoms with Gasteiger partial charge in [-0.15, -0.1) is 0 Å². The molecule has 3 heterocycles. The maximum absolute atomic E-state index is 14.1. The van der Waals surface area contributed by atoms with E-state index in [-0.39, 0.29) is 36.6 Å². The van der Waals surface area contributed by atoms with Crippen molar-refractivity contribution in [2.45, 2.75) is 17.7 Å². The molecule has 4 N–H and O–H groups in total. The number of sulfonamides is 1. The van der Waals surface area contributed by atoms with Gasteiger partial charge in [-0.25, -0.2) is 9.98 Å². The fourth-order valence-electron chi connectivity index (χ4n) is 3.81. The van der Waals surface area contributed by atoms with Crippen LogP contribution >= 0.6 is 0 Å². The summed E-state index contributed by atoms with van der Waals surface area (Å²) in [4.78, 5) is 14.5. The molecular formula is C17H20FN6O3S+. The van der Waals surface area contributed by atoms with Crippen LogP contribution in [0.5, 0.6) is 5.88 Å². The fourth-order valence-corrected chi connectivity index (χ4v) is 5.56. The maximum Gasteiger partial charge on any atom is 0.308 e. The van der Waals surface area contributed by atoms with Gasteiger partial charge in [-0.1, -0.05) is 30.3 Å². The van der Waals surface area contributed by atoms with Crippen LogP contribution in [0.15, 0.2) is 35.3 Å². The molecular weight excluding hydrogens is 387 g/mol. The third-order valence-electron chi connectivity index (χ3n) is 5.09. The first-order valence-corrected chi connectivity index (χ1v) is 10.2. The number of quaternary nitrogens is 1. The van der Waals surface area contributed by atoms with E-state index in [9.17, 15) is 12.8 Å². The average molecular weight is 407 g/mol. The van der Waals surface area contributed by atoms with Gasteiger partial charge < -0.3 is 15.4 Å². The van der Waals surface area contributed by atoms with Crippen molar-refractivity contribution in [2.24, 2.45) is 10.7 Å². The van der Waals surface area contributed by atoms with Crippen LogP contribution in [0, 0.1) is 12.7 Å². The molecule has 11 heteroatoms. The molecule has 1 aromatic carbocycles. The van der Waals surface area contributed by atoms with Crippen LogP contribution in [0.1, 0.15) is 11.3 Å². The van der Waals surface area contributed by atoms with E-state index in [4.69, 9.17) is 10.5 Å². The van der Waals surface area contributed by atoms with Gasteiger partial charge in [0.15, 0.2) is 5.25 Å². The maximum atomic E-state index is 14.1. The topological polar surface area (TPSA) is 127 Å². The number of anilines is 1. The van der Waals surface area contributed by atoms with Gasteiger partial charge in [-0.05, 0) is 12.5 Å². The molecule has 2 atom stereocenters. The smallest absolute Gasteiger partial charge is 0.308 e. The summed E-state index contributed by atoms with van der Waals surface area (Å²) in [7, 11) is -2.36. The number of hydrogen-bond donors (Lipinski definition) is 2. The van der Waals surface area contributed by atoms with Gasteiger partial charge >= 0.3 is 16.0 Å². The second-order valence-corrected chi connectivity index (χ2v) is 8.82. The highest BCUT2D eigenvalue weighted by Gasteiger charge is 2.59. The van der Waals surface area contributed by atoms with E-state index in [2.05, 4.69) is 15.0 Å². The molecule has 1 aromatic heterocycles. The number of methoxy groups -OCH3 is 1. The summed E-state index contributed by atoms with van der Waals surface area (Å²) in [6.07, 6.45) is 0. The van der Waals surface area contributed by atoms with Crippen LogP contribution in [-0.2, 0) is 15.6 Å². The van der Waals surface area contributed by atoms with Crippen LogP contribution in [-0.4, -0.2) is 49.8 Å². The third kappa shape index (κ3) is 2.78. The fraction of sp³-hybridized carbons (Fsp3) is 0.353. The Kier molecular flexibility index (Phi) is 4.23. The predicted molar refractivity (Wildman–Crippen MR) is 99.9 cm³/mol. The minimum Gasteiger partial charge on any atom is -0.479 e. The summed E-state index contributed by atoms with van der Waals surface area (Å²) >= 11 is 0. The zero-order chi connectivity index (χ0) is 20.1. The quantitative estimate of drug-likeness (QED) is 0.684. The second-order valence-electron chi connectivity index (χ2n) is 6.84. The van der Waals surface area contributed by atoms with Gasteiger partial charge in [0.05, 0.1) is 19.3 Å². The second kappa shape index (κ2) is 6.38. The Labute approximate surface area is 161 Å². The number of ether oxygens (including phenoxy) is 1. The number of fused-ring (bicyclic) bond motifs is 1. The Morgan fingerprint density at radius 1 is 1.32 bits per heavy atom. The van der Waals surface area contributed by atoms with Crippen molar-refractivity contribution in [1.82, 2.24) is 9.97 Å². The largest absolute Gasteiger partial charge is 0.479 e. The Morgan fingerprint density at radius 2 is 2.04 bits per heavy atom. The number of guanidine groups is 1. The number of aromatic nitrogens is 2. The van der Waals surface area contributed by atoms with Crippen molar-refractivity contribution in [3.05, 3.63) is 47.4 Å². The van der Waals surface area contributed by atoms with Gasteiger partial charge in [0.1, 0.15) is 5.54 Å². The zero-order valence-electron chi connectivity index (χ0n) is 15.3. The number of nitrogens with zero attached hydrogens (tertiary/aromatic N) is 4. The van der Waals surface area contributed by atoms with Gasteiger partial charge in [0.2, 0.25) is 11.8 Å². The SMILES string of the molecule is COc1nc(N2CC3[C@@](c4ccccc4)(C2)N=C(N)[NH2+]S3(=O)=O)nc(C)c1F. The highest BCUT2D eigenvalue weighted by Crippen LogP contribution is 2.41. The average Bonchev–Trinajstić information content (AvgIpc) is 3.06. The number of rotatable bonds is 3. The van der Waals surface area contributed by atoms with E-state index >= 15 is 0 Å². The molecule has 2 aliphatic heterocycles. The molecule has 0 saturated carbocycles. The van der Waals surface area contributed by atoms with Crippen LogP contribution in [0.2, 0.25) is 0 Å². The van der Waals surface area contributed by atoms with Crippen LogP contribution < -0.4 is 20.1 Å². The molecule has 0 bridgehead atoms. The monoisotopic (exact) mass is 407 g/mol. The number of benzene rings is 1. The summed E-state index contributed by atoms with van der Waals surface area (Å²) in [6.45, 7) is 1.78. The Hall–Kier alpha value is -2.79. The summed E-state index contributed by atoms with van der Waals surface area (Å²) < 4.78 is 45.9. The lowest BCUT2D eigenvalue weighted by atomic mass is 9.89. The molecule has 0 radical (unpaired) electrons. The van der Waals surface area contributed by atoms with E-state index in [1.54, 1.807) is 4.90 Å².